The van der Waals surface area contributed by atoms with Gasteiger partial charge in [0.2, 0.25) is 0 Å². The van der Waals surface area contributed by atoms with E-state index in [-0.39, 0.29) is 6.03 Å². The molecule has 2 aromatic rings. The van der Waals surface area contributed by atoms with Crippen LogP contribution in [0.25, 0.3) is 0 Å². The van der Waals surface area contributed by atoms with Gasteiger partial charge in [-0.3, -0.25) is 0 Å². The third kappa shape index (κ3) is 4.15. The van der Waals surface area contributed by atoms with Gasteiger partial charge in [0.05, 0.1) is 0 Å². The minimum atomic E-state index is 0.0464. The number of carbonyl (C=O) groups is 1. The largest absolute Gasteiger partial charge is 0.348 e. The van der Waals surface area contributed by atoms with Crippen LogP contribution < -0.4 is 5.32 Å². The minimum Gasteiger partial charge on any atom is -0.348 e. The van der Waals surface area contributed by atoms with Crippen LogP contribution in [0.4, 0.5) is 4.79 Å². The van der Waals surface area contributed by atoms with Gasteiger partial charge in [0.1, 0.15) is 11.6 Å². The molecule has 0 saturated carbocycles. The zero-order valence-electron chi connectivity index (χ0n) is 14.2. The monoisotopic (exact) mass is 330 g/mol. The summed E-state index contributed by atoms with van der Waals surface area (Å²) < 4.78 is 2.14. The van der Waals surface area contributed by atoms with Crippen LogP contribution in [0.1, 0.15) is 43.3 Å². The molecule has 1 aliphatic rings. The Morgan fingerprint density at radius 3 is 3.04 bits per heavy atom. The highest BCUT2D eigenvalue weighted by molar-refractivity contribution is 5.74. The summed E-state index contributed by atoms with van der Waals surface area (Å²) in [6.45, 7) is 5.25. The molecule has 2 amide bonds. The van der Waals surface area contributed by atoms with Crippen molar-refractivity contribution in [2.24, 2.45) is 0 Å². The van der Waals surface area contributed by atoms with Crippen LogP contribution in [0.2, 0.25) is 0 Å². The van der Waals surface area contributed by atoms with E-state index in [4.69, 9.17) is 0 Å². The SMILES string of the molecule is Cc1nccn1CCCCNC(=O)N1CCC[C@H](c2ncc[nH]2)C1. The number of likely N-dealkylation sites (tertiary alicyclic amines) is 1. The predicted octanol–water partition coefficient (Wildman–Crippen LogP) is 2.28. The predicted molar refractivity (Wildman–Crippen MR) is 91.7 cm³/mol. The second-order valence-corrected chi connectivity index (χ2v) is 6.37. The molecule has 7 heteroatoms. The molecule has 1 aliphatic heterocycles. The third-order valence-electron chi connectivity index (χ3n) is 4.64. The second-order valence-electron chi connectivity index (χ2n) is 6.37. The minimum absolute atomic E-state index is 0.0464. The van der Waals surface area contributed by atoms with E-state index in [1.54, 1.807) is 6.20 Å². The van der Waals surface area contributed by atoms with Crippen molar-refractivity contribution in [3.63, 3.8) is 0 Å². The molecule has 0 aromatic carbocycles. The number of hydrogen-bond acceptors (Lipinski definition) is 3. The highest BCUT2D eigenvalue weighted by Gasteiger charge is 2.25. The first-order valence-corrected chi connectivity index (χ1v) is 8.74. The summed E-state index contributed by atoms with van der Waals surface area (Å²) in [6, 6.07) is 0.0464. The fourth-order valence-corrected chi connectivity index (χ4v) is 3.24. The Kier molecular flexibility index (Phi) is 5.51. The van der Waals surface area contributed by atoms with Crippen molar-refractivity contribution in [3.05, 3.63) is 36.4 Å². The zero-order chi connectivity index (χ0) is 16.8. The standard InChI is InChI=1S/C17H26N6O/c1-14-18-9-12-22(14)10-3-2-6-21-17(24)23-11-4-5-15(13-23)16-19-7-8-20-16/h7-9,12,15H,2-6,10-11,13H2,1H3,(H,19,20)(H,21,24)/t15-/m0/s1. The molecular formula is C17H26N6O. The summed E-state index contributed by atoms with van der Waals surface area (Å²) in [5, 5.41) is 3.04. The molecule has 0 unspecified atom stereocenters. The molecule has 3 heterocycles. The molecule has 130 valence electrons. The normalized spacial score (nSPS) is 17.9. The molecule has 1 fully saturated rings. The van der Waals surface area contributed by atoms with Gasteiger partial charge in [-0.05, 0) is 32.6 Å². The van der Waals surface area contributed by atoms with Gasteiger partial charge in [0.15, 0.2) is 0 Å². The molecule has 1 saturated heterocycles. The van der Waals surface area contributed by atoms with Crippen LogP contribution in [0.3, 0.4) is 0 Å². The summed E-state index contributed by atoms with van der Waals surface area (Å²) in [5.74, 6) is 2.35. The number of aromatic amines is 1. The Bertz CT molecular complexity index is 635. The average molecular weight is 330 g/mol. The number of urea groups is 1. The molecule has 0 aliphatic carbocycles. The Hall–Kier alpha value is -2.31. The zero-order valence-corrected chi connectivity index (χ0v) is 14.2. The summed E-state index contributed by atoms with van der Waals surface area (Å²) in [6.07, 6.45) is 11.6. The van der Waals surface area contributed by atoms with Crippen molar-refractivity contribution in [1.82, 2.24) is 29.7 Å². The molecular weight excluding hydrogens is 304 g/mol. The number of unbranched alkanes of at least 4 members (excludes halogenated alkanes) is 1. The summed E-state index contributed by atoms with van der Waals surface area (Å²) in [4.78, 5) is 26.0. The van der Waals surface area contributed by atoms with Crippen molar-refractivity contribution in [1.29, 1.82) is 0 Å². The second kappa shape index (κ2) is 7.99. The van der Waals surface area contributed by atoms with Crippen LogP contribution in [-0.4, -0.2) is 50.1 Å². The molecule has 2 N–H and O–H groups in total. The van der Waals surface area contributed by atoms with E-state index in [0.29, 0.717) is 12.5 Å². The van der Waals surface area contributed by atoms with Crippen molar-refractivity contribution in [3.8, 4) is 0 Å². The lowest BCUT2D eigenvalue weighted by molar-refractivity contribution is 0.178. The fourth-order valence-electron chi connectivity index (χ4n) is 3.24. The Balaban J connectivity index is 1.36. The molecule has 0 bridgehead atoms. The third-order valence-corrected chi connectivity index (χ3v) is 4.64. The first-order chi connectivity index (χ1) is 11.7. The van der Waals surface area contributed by atoms with E-state index in [1.165, 1.54) is 0 Å². The summed E-state index contributed by atoms with van der Waals surface area (Å²) in [5.41, 5.74) is 0. The van der Waals surface area contributed by atoms with Gasteiger partial charge in [0.25, 0.3) is 0 Å². The van der Waals surface area contributed by atoms with E-state index >= 15 is 0 Å². The fraction of sp³-hybridized carbons (Fsp3) is 0.588. The molecule has 0 radical (unpaired) electrons. The van der Waals surface area contributed by atoms with E-state index in [2.05, 4.69) is 24.8 Å². The first-order valence-electron chi connectivity index (χ1n) is 8.74. The maximum Gasteiger partial charge on any atom is 0.317 e. The van der Waals surface area contributed by atoms with Gasteiger partial charge in [-0.2, -0.15) is 0 Å². The van der Waals surface area contributed by atoms with Crippen LogP contribution in [0.5, 0.6) is 0 Å². The number of H-pyrrole nitrogens is 1. The maximum atomic E-state index is 12.3. The van der Waals surface area contributed by atoms with E-state index in [1.807, 2.05) is 30.4 Å². The summed E-state index contributed by atoms with van der Waals surface area (Å²) in [7, 11) is 0. The molecule has 3 rings (SSSR count). The lowest BCUT2D eigenvalue weighted by Gasteiger charge is -2.31. The van der Waals surface area contributed by atoms with Gasteiger partial charge in [-0.25, -0.2) is 14.8 Å². The Morgan fingerprint density at radius 2 is 2.29 bits per heavy atom. The topological polar surface area (TPSA) is 78.8 Å². The smallest absolute Gasteiger partial charge is 0.317 e. The van der Waals surface area contributed by atoms with E-state index in [9.17, 15) is 4.79 Å². The number of amides is 2. The number of imidazole rings is 2. The quantitative estimate of drug-likeness (QED) is 0.798. The molecule has 0 spiro atoms. The van der Waals surface area contributed by atoms with Gasteiger partial charge in [-0.15, -0.1) is 0 Å². The van der Waals surface area contributed by atoms with E-state index in [0.717, 1.165) is 57.0 Å². The number of rotatable bonds is 6. The van der Waals surface area contributed by atoms with Crippen LogP contribution in [0.15, 0.2) is 24.8 Å². The Labute approximate surface area is 142 Å². The van der Waals surface area contributed by atoms with Crippen molar-refractivity contribution in [2.45, 2.75) is 45.1 Å². The number of aryl methyl sites for hydroxylation is 2. The lowest BCUT2D eigenvalue weighted by atomic mass is 9.98. The van der Waals surface area contributed by atoms with Crippen molar-refractivity contribution < 1.29 is 4.79 Å². The highest BCUT2D eigenvalue weighted by atomic mass is 16.2. The van der Waals surface area contributed by atoms with Gasteiger partial charge >= 0.3 is 6.03 Å². The molecule has 2 aromatic heterocycles. The van der Waals surface area contributed by atoms with Crippen molar-refractivity contribution >= 4 is 6.03 Å². The first kappa shape index (κ1) is 16.5. The molecule has 7 nitrogen and oxygen atoms in total. The van der Waals surface area contributed by atoms with Crippen LogP contribution >= 0.6 is 0 Å². The van der Waals surface area contributed by atoms with Crippen LogP contribution in [-0.2, 0) is 6.54 Å². The number of hydrogen-bond donors (Lipinski definition) is 2. The number of piperidine rings is 1. The number of nitrogens with one attached hydrogen (secondary N) is 2. The van der Waals surface area contributed by atoms with Gasteiger partial charge in [-0.1, -0.05) is 0 Å². The van der Waals surface area contributed by atoms with Gasteiger partial charge < -0.3 is 19.8 Å². The number of nitrogens with zero attached hydrogens (tertiary/aromatic N) is 4. The highest BCUT2D eigenvalue weighted by Crippen LogP contribution is 2.24. The maximum absolute atomic E-state index is 12.3. The lowest BCUT2D eigenvalue weighted by Crippen LogP contribution is -2.45. The van der Waals surface area contributed by atoms with E-state index < -0.39 is 0 Å². The van der Waals surface area contributed by atoms with Gasteiger partial charge in [0, 0.05) is 56.9 Å². The number of aromatic nitrogens is 4. The van der Waals surface area contributed by atoms with Crippen LogP contribution in [0, 0.1) is 6.92 Å². The average Bonchev–Trinajstić information content (AvgIpc) is 3.27. The number of carbonyl (C=O) groups excluding carboxylic acids is 1. The molecule has 1 atom stereocenters. The summed E-state index contributed by atoms with van der Waals surface area (Å²) >= 11 is 0. The molecule has 24 heavy (non-hydrogen) atoms. The Morgan fingerprint density at radius 1 is 1.38 bits per heavy atom. The van der Waals surface area contributed by atoms with Crippen molar-refractivity contribution in [2.75, 3.05) is 19.6 Å².